The van der Waals surface area contributed by atoms with Gasteiger partial charge in [0.15, 0.2) is 0 Å². The summed E-state index contributed by atoms with van der Waals surface area (Å²) in [6.07, 6.45) is 8.78. The van der Waals surface area contributed by atoms with E-state index in [2.05, 4.69) is 15.3 Å². The second-order valence-corrected chi connectivity index (χ2v) is 6.57. The number of imidazole rings is 1. The first-order valence-corrected chi connectivity index (χ1v) is 8.93. The standard InChI is InChI=1S/C18H23F2N5O2/c1-24(12-15-21-8-9-25(15)17(19)20)18(26)23-11-13-6-7-22-16(10-13)27-14-4-2-3-5-14/h6-10,14,17H,2-5,11-12H2,1H3,(H,23,26). The summed E-state index contributed by atoms with van der Waals surface area (Å²) in [4.78, 5) is 21.6. The number of hydrogen-bond donors (Lipinski definition) is 1. The molecule has 0 aromatic carbocycles. The van der Waals surface area contributed by atoms with Crippen LogP contribution < -0.4 is 10.1 Å². The van der Waals surface area contributed by atoms with Crippen LogP contribution in [0.1, 0.15) is 43.6 Å². The highest BCUT2D eigenvalue weighted by Gasteiger charge is 2.18. The van der Waals surface area contributed by atoms with Crippen molar-refractivity contribution in [2.75, 3.05) is 7.05 Å². The van der Waals surface area contributed by atoms with Crippen LogP contribution in [0.2, 0.25) is 0 Å². The summed E-state index contributed by atoms with van der Waals surface area (Å²) in [5.74, 6) is 0.680. The topological polar surface area (TPSA) is 72.3 Å². The maximum atomic E-state index is 12.9. The van der Waals surface area contributed by atoms with Gasteiger partial charge in [0.25, 0.3) is 0 Å². The number of ether oxygens (including phenoxy) is 1. The van der Waals surface area contributed by atoms with E-state index in [1.54, 1.807) is 12.3 Å². The molecule has 1 aliphatic rings. The van der Waals surface area contributed by atoms with Crippen LogP contribution in [0.15, 0.2) is 30.7 Å². The van der Waals surface area contributed by atoms with E-state index in [0.29, 0.717) is 5.88 Å². The quantitative estimate of drug-likeness (QED) is 0.801. The van der Waals surface area contributed by atoms with Crippen LogP contribution in [0.25, 0.3) is 0 Å². The first kappa shape index (κ1) is 19.1. The van der Waals surface area contributed by atoms with Gasteiger partial charge in [0.1, 0.15) is 11.9 Å². The monoisotopic (exact) mass is 379 g/mol. The highest BCUT2D eigenvalue weighted by Crippen LogP contribution is 2.23. The van der Waals surface area contributed by atoms with E-state index >= 15 is 0 Å². The summed E-state index contributed by atoms with van der Waals surface area (Å²) in [5, 5.41) is 2.76. The molecule has 9 heteroatoms. The van der Waals surface area contributed by atoms with Crippen LogP contribution in [0, 0.1) is 0 Å². The molecule has 0 aliphatic heterocycles. The van der Waals surface area contributed by atoms with Crippen LogP contribution in [-0.4, -0.2) is 38.6 Å². The maximum Gasteiger partial charge on any atom is 0.319 e. The highest BCUT2D eigenvalue weighted by atomic mass is 19.3. The fraction of sp³-hybridized carbons (Fsp3) is 0.500. The molecule has 1 saturated carbocycles. The molecule has 0 radical (unpaired) electrons. The van der Waals surface area contributed by atoms with Crippen LogP contribution >= 0.6 is 0 Å². The average molecular weight is 379 g/mol. The zero-order chi connectivity index (χ0) is 19.2. The number of halogens is 2. The van der Waals surface area contributed by atoms with Gasteiger partial charge in [0, 0.05) is 38.2 Å². The van der Waals surface area contributed by atoms with Gasteiger partial charge in [-0.1, -0.05) is 0 Å². The molecule has 27 heavy (non-hydrogen) atoms. The molecule has 0 bridgehead atoms. The number of amides is 2. The van der Waals surface area contributed by atoms with E-state index in [4.69, 9.17) is 4.74 Å². The molecule has 1 N–H and O–H groups in total. The number of urea groups is 1. The molecule has 2 amide bonds. The largest absolute Gasteiger partial charge is 0.474 e. The Kier molecular flexibility index (Phi) is 6.20. The minimum Gasteiger partial charge on any atom is -0.474 e. The minimum atomic E-state index is -2.69. The molecule has 2 aromatic rings. The number of nitrogens with zero attached hydrogens (tertiary/aromatic N) is 4. The molecule has 2 heterocycles. The number of carbonyl (C=O) groups excluding carboxylic acids is 1. The van der Waals surface area contributed by atoms with Crippen molar-refractivity contribution in [1.29, 1.82) is 0 Å². The van der Waals surface area contributed by atoms with Crippen LogP contribution in [0.5, 0.6) is 5.88 Å². The van der Waals surface area contributed by atoms with Gasteiger partial charge in [0.05, 0.1) is 6.54 Å². The summed E-state index contributed by atoms with van der Waals surface area (Å²) in [7, 11) is 1.53. The molecule has 2 aromatic heterocycles. The van der Waals surface area contributed by atoms with Crippen LogP contribution in [0.3, 0.4) is 0 Å². The summed E-state index contributed by atoms with van der Waals surface area (Å²) in [6.45, 7) is -2.42. The summed E-state index contributed by atoms with van der Waals surface area (Å²) in [5.41, 5.74) is 0.855. The van der Waals surface area contributed by atoms with Crippen molar-refractivity contribution >= 4 is 6.03 Å². The van der Waals surface area contributed by atoms with Crippen molar-refractivity contribution in [3.05, 3.63) is 42.1 Å². The van der Waals surface area contributed by atoms with Crippen molar-refractivity contribution in [1.82, 2.24) is 24.8 Å². The third kappa shape index (κ3) is 5.15. The third-order valence-electron chi connectivity index (χ3n) is 4.52. The lowest BCUT2D eigenvalue weighted by Crippen LogP contribution is -2.37. The number of hydrogen-bond acceptors (Lipinski definition) is 4. The Balaban J connectivity index is 1.51. The molecule has 146 valence electrons. The molecule has 7 nitrogen and oxygen atoms in total. The summed E-state index contributed by atoms with van der Waals surface area (Å²) in [6, 6.07) is 3.22. The van der Waals surface area contributed by atoms with Crippen molar-refractivity contribution in [3.8, 4) is 5.88 Å². The Morgan fingerprint density at radius 2 is 2.15 bits per heavy atom. The molecule has 0 atom stereocenters. The normalized spacial score (nSPS) is 14.5. The predicted octanol–water partition coefficient (Wildman–Crippen LogP) is 3.34. The van der Waals surface area contributed by atoms with Gasteiger partial charge in [-0.25, -0.2) is 14.8 Å². The number of rotatable bonds is 7. The fourth-order valence-corrected chi connectivity index (χ4v) is 3.04. The maximum absolute atomic E-state index is 12.9. The van der Waals surface area contributed by atoms with Gasteiger partial charge in [-0.3, -0.25) is 4.57 Å². The smallest absolute Gasteiger partial charge is 0.319 e. The zero-order valence-corrected chi connectivity index (χ0v) is 15.1. The highest BCUT2D eigenvalue weighted by molar-refractivity contribution is 5.73. The lowest BCUT2D eigenvalue weighted by molar-refractivity contribution is 0.0651. The zero-order valence-electron chi connectivity index (χ0n) is 15.1. The van der Waals surface area contributed by atoms with E-state index in [-0.39, 0.29) is 31.0 Å². The fourth-order valence-electron chi connectivity index (χ4n) is 3.04. The lowest BCUT2D eigenvalue weighted by Gasteiger charge is -2.18. The number of nitrogens with one attached hydrogen (secondary N) is 1. The predicted molar refractivity (Wildman–Crippen MR) is 94.3 cm³/mol. The molecule has 1 aliphatic carbocycles. The molecule has 3 rings (SSSR count). The van der Waals surface area contributed by atoms with Crippen molar-refractivity contribution in [2.24, 2.45) is 0 Å². The molecule has 0 saturated heterocycles. The first-order chi connectivity index (χ1) is 13.0. The second-order valence-electron chi connectivity index (χ2n) is 6.57. The summed E-state index contributed by atoms with van der Waals surface area (Å²) >= 11 is 0. The van der Waals surface area contributed by atoms with Crippen LogP contribution in [0.4, 0.5) is 13.6 Å². The molecule has 1 fully saturated rings. The molecular weight excluding hydrogens is 356 g/mol. The van der Waals surface area contributed by atoms with Crippen molar-refractivity contribution in [2.45, 2.75) is 51.4 Å². The average Bonchev–Trinajstić information content (AvgIpc) is 3.32. The van der Waals surface area contributed by atoms with Gasteiger partial charge >= 0.3 is 12.6 Å². The van der Waals surface area contributed by atoms with E-state index in [1.807, 2.05) is 6.07 Å². The van der Waals surface area contributed by atoms with E-state index in [0.717, 1.165) is 23.0 Å². The molecule has 0 spiro atoms. The van der Waals surface area contributed by atoms with E-state index < -0.39 is 6.55 Å². The number of aromatic nitrogens is 3. The van der Waals surface area contributed by atoms with E-state index in [1.165, 1.54) is 37.2 Å². The van der Waals surface area contributed by atoms with Gasteiger partial charge in [-0.05, 0) is 37.3 Å². The Hall–Kier alpha value is -2.71. The first-order valence-electron chi connectivity index (χ1n) is 8.93. The SMILES string of the molecule is CN(Cc1nccn1C(F)F)C(=O)NCc1ccnc(OC2CCCC2)c1. The Morgan fingerprint density at radius 1 is 1.37 bits per heavy atom. The molecular formula is C18H23F2N5O2. The number of carbonyl (C=O) groups is 1. The van der Waals surface area contributed by atoms with Gasteiger partial charge < -0.3 is 15.0 Å². The van der Waals surface area contributed by atoms with E-state index in [9.17, 15) is 13.6 Å². The van der Waals surface area contributed by atoms with Gasteiger partial charge in [-0.15, -0.1) is 0 Å². The van der Waals surface area contributed by atoms with Crippen LogP contribution in [-0.2, 0) is 13.1 Å². The lowest BCUT2D eigenvalue weighted by atomic mass is 10.2. The Labute approximate surface area is 156 Å². The van der Waals surface area contributed by atoms with Gasteiger partial charge in [-0.2, -0.15) is 8.78 Å². The van der Waals surface area contributed by atoms with Crippen molar-refractivity contribution in [3.63, 3.8) is 0 Å². The van der Waals surface area contributed by atoms with Crippen molar-refractivity contribution < 1.29 is 18.3 Å². The summed E-state index contributed by atoms with van der Waals surface area (Å²) < 4.78 is 32.3. The number of alkyl halides is 2. The Morgan fingerprint density at radius 3 is 2.89 bits per heavy atom. The second kappa shape index (κ2) is 8.79. The molecule has 0 unspecified atom stereocenters. The minimum absolute atomic E-state index is 0.0183. The third-order valence-corrected chi connectivity index (χ3v) is 4.52. The van der Waals surface area contributed by atoms with Gasteiger partial charge in [0.2, 0.25) is 5.88 Å². The number of pyridine rings is 1. The Bertz CT molecular complexity index is 762.